The Labute approximate surface area is 92.7 Å². The molecule has 0 saturated carbocycles. The van der Waals surface area contributed by atoms with E-state index in [9.17, 15) is 13.2 Å². The second-order valence-corrected chi connectivity index (χ2v) is 4.27. The first-order valence-electron chi connectivity index (χ1n) is 5.51. The summed E-state index contributed by atoms with van der Waals surface area (Å²) in [5, 5.41) is 3.22. The predicted octanol–water partition coefficient (Wildman–Crippen LogP) is 2.65. The van der Waals surface area contributed by atoms with Gasteiger partial charge in [0, 0.05) is 0 Å². The van der Waals surface area contributed by atoms with E-state index in [0.29, 0.717) is 17.9 Å². The lowest BCUT2D eigenvalue weighted by Crippen LogP contribution is -2.28. The van der Waals surface area contributed by atoms with Crippen LogP contribution < -0.4 is 5.32 Å². The van der Waals surface area contributed by atoms with Crippen LogP contribution in [0.4, 0.5) is 13.2 Å². The molecule has 4 heteroatoms. The third kappa shape index (κ3) is 2.55. The fraction of sp³-hybridized carbons (Fsp3) is 0.500. The van der Waals surface area contributed by atoms with Gasteiger partial charge < -0.3 is 5.32 Å². The van der Waals surface area contributed by atoms with Crippen LogP contribution in [0.2, 0.25) is 0 Å². The van der Waals surface area contributed by atoms with E-state index in [1.54, 1.807) is 0 Å². The summed E-state index contributed by atoms with van der Waals surface area (Å²) in [5.41, 5.74) is 0.545. The Morgan fingerprint density at radius 2 is 1.62 bits per heavy atom. The molecule has 1 fully saturated rings. The minimum absolute atomic E-state index is 0.436. The minimum Gasteiger partial charge on any atom is -0.317 e. The number of nitrogens with one attached hydrogen (secondary N) is 1. The topological polar surface area (TPSA) is 12.0 Å². The zero-order valence-electron chi connectivity index (χ0n) is 8.90. The standard InChI is InChI=1S/C12H14F3N/c13-10-6-9(7-11(14)12(10)15)5-8-1-3-16-4-2-8/h6-8,16H,1-5H2. The largest absolute Gasteiger partial charge is 0.317 e. The molecular formula is C12H14F3N. The molecule has 1 N–H and O–H groups in total. The summed E-state index contributed by atoms with van der Waals surface area (Å²) < 4.78 is 38.7. The number of benzene rings is 1. The van der Waals surface area contributed by atoms with Gasteiger partial charge in [-0.1, -0.05) is 0 Å². The first-order valence-corrected chi connectivity index (χ1v) is 5.51. The van der Waals surface area contributed by atoms with Crippen LogP contribution in [0.5, 0.6) is 0 Å². The van der Waals surface area contributed by atoms with Crippen molar-refractivity contribution in [2.75, 3.05) is 13.1 Å². The molecule has 1 aromatic rings. The highest BCUT2D eigenvalue weighted by atomic mass is 19.2. The molecule has 0 bridgehead atoms. The molecule has 88 valence electrons. The third-order valence-electron chi connectivity index (χ3n) is 3.03. The first kappa shape index (κ1) is 11.5. The summed E-state index contributed by atoms with van der Waals surface area (Å²) in [7, 11) is 0. The second-order valence-electron chi connectivity index (χ2n) is 4.27. The highest BCUT2D eigenvalue weighted by Crippen LogP contribution is 2.21. The second kappa shape index (κ2) is 4.87. The maximum atomic E-state index is 13.0. The molecule has 0 aromatic heterocycles. The maximum absolute atomic E-state index is 13.0. The van der Waals surface area contributed by atoms with Crippen LogP contribution in [-0.4, -0.2) is 13.1 Å². The minimum atomic E-state index is -1.38. The van der Waals surface area contributed by atoms with Crippen LogP contribution in [0.15, 0.2) is 12.1 Å². The van der Waals surface area contributed by atoms with Gasteiger partial charge in [0.05, 0.1) is 0 Å². The normalized spacial score (nSPS) is 17.7. The van der Waals surface area contributed by atoms with Gasteiger partial charge in [-0.25, -0.2) is 13.2 Å². The lowest BCUT2D eigenvalue weighted by molar-refractivity contribution is 0.370. The smallest absolute Gasteiger partial charge is 0.194 e. The van der Waals surface area contributed by atoms with Crippen LogP contribution in [0, 0.1) is 23.4 Å². The van der Waals surface area contributed by atoms with Gasteiger partial charge in [0.1, 0.15) is 0 Å². The molecule has 0 aliphatic carbocycles. The summed E-state index contributed by atoms with van der Waals surface area (Å²) in [6.45, 7) is 1.88. The lowest BCUT2D eigenvalue weighted by Gasteiger charge is -2.22. The molecule has 2 rings (SSSR count). The molecule has 1 aliphatic rings. The van der Waals surface area contributed by atoms with Crippen molar-refractivity contribution in [1.29, 1.82) is 0 Å². The number of hydrogen-bond donors (Lipinski definition) is 1. The summed E-state index contributed by atoms with van der Waals surface area (Å²) in [5.74, 6) is -3.13. The van der Waals surface area contributed by atoms with Gasteiger partial charge in [-0.05, 0) is 56.0 Å². The number of rotatable bonds is 2. The van der Waals surface area contributed by atoms with Crippen molar-refractivity contribution in [3.8, 4) is 0 Å². The van der Waals surface area contributed by atoms with Crippen LogP contribution >= 0.6 is 0 Å². The van der Waals surface area contributed by atoms with Crippen molar-refractivity contribution in [3.05, 3.63) is 35.1 Å². The molecule has 1 nitrogen and oxygen atoms in total. The number of hydrogen-bond acceptors (Lipinski definition) is 1. The van der Waals surface area contributed by atoms with E-state index in [0.717, 1.165) is 38.1 Å². The summed E-state index contributed by atoms with van der Waals surface area (Å²) >= 11 is 0. The Balaban J connectivity index is 2.09. The summed E-state index contributed by atoms with van der Waals surface area (Å²) in [4.78, 5) is 0. The number of piperidine rings is 1. The molecule has 0 radical (unpaired) electrons. The fourth-order valence-electron chi connectivity index (χ4n) is 2.15. The van der Waals surface area contributed by atoms with Crippen LogP contribution in [0.25, 0.3) is 0 Å². The number of halogens is 3. The van der Waals surface area contributed by atoms with Crippen LogP contribution in [0.3, 0.4) is 0 Å². The molecule has 0 amide bonds. The van der Waals surface area contributed by atoms with Crippen molar-refractivity contribution >= 4 is 0 Å². The lowest BCUT2D eigenvalue weighted by atomic mass is 9.91. The van der Waals surface area contributed by atoms with Crippen LogP contribution in [0.1, 0.15) is 18.4 Å². The van der Waals surface area contributed by atoms with Gasteiger partial charge in [-0.2, -0.15) is 0 Å². The average molecular weight is 229 g/mol. The maximum Gasteiger partial charge on any atom is 0.194 e. The highest BCUT2D eigenvalue weighted by molar-refractivity contribution is 5.20. The first-order chi connectivity index (χ1) is 7.66. The van der Waals surface area contributed by atoms with Gasteiger partial charge in [0.2, 0.25) is 0 Å². The molecule has 1 aromatic carbocycles. The van der Waals surface area contributed by atoms with E-state index < -0.39 is 17.5 Å². The molecular weight excluding hydrogens is 215 g/mol. The molecule has 1 saturated heterocycles. The van der Waals surface area contributed by atoms with E-state index in [4.69, 9.17) is 0 Å². The van der Waals surface area contributed by atoms with E-state index in [1.165, 1.54) is 0 Å². The molecule has 0 atom stereocenters. The van der Waals surface area contributed by atoms with Crippen molar-refractivity contribution < 1.29 is 13.2 Å². The summed E-state index contributed by atoms with van der Waals surface area (Å²) in [6.07, 6.45) is 2.62. The van der Waals surface area contributed by atoms with E-state index in [2.05, 4.69) is 5.32 Å². The van der Waals surface area contributed by atoms with E-state index >= 15 is 0 Å². The quantitative estimate of drug-likeness (QED) is 0.769. The fourth-order valence-corrected chi connectivity index (χ4v) is 2.15. The Hall–Kier alpha value is -1.03. The van der Waals surface area contributed by atoms with E-state index in [-0.39, 0.29) is 0 Å². The zero-order chi connectivity index (χ0) is 11.5. The van der Waals surface area contributed by atoms with Gasteiger partial charge in [-0.15, -0.1) is 0 Å². The van der Waals surface area contributed by atoms with Crippen molar-refractivity contribution in [1.82, 2.24) is 5.32 Å². The molecule has 0 spiro atoms. The van der Waals surface area contributed by atoms with Crippen molar-refractivity contribution in [3.63, 3.8) is 0 Å². The Morgan fingerprint density at radius 3 is 2.19 bits per heavy atom. The molecule has 0 unspecified atom stereocenters. The van der Waals surface area contributed by atoms with Gasteiger partial charge >= 0.3 is 0 Å². The average Bonchev–Trinajstić information content (AvgIpc) is 2.27. The van der Waals surface area contributed by atoms with Gasteiger partial charge in [0.15, 0.2) is 17.5 Å². The molecule has 1 heterocycles. The Bertz CT molecular complexity index is 350. The highest BCUT2D eigenvalue weighted by Gasteiger charge is 2.16. The van der Waals surface area contributed by atoms with Crippen molar-refractivity contribution in [2.24, 2.45) is 5.92 Å². The van der Waals surface area contributed by atoms with E-state index in [1.807, 2.05) is 0 Å². The monoisotopic (exact) mass is 229 g/mol. The molecule has 16 heavy (non-hydrogen) atoms. The summed E-state index contributed by atoms with van der Waals surface area (Å²) in [6, 6.07) is 2.20. The Kier molecular flexibility index (Phi) is 3.49. The zero-order valence-corrected chi connectivity index (χ0v) is 8.90. The van der Waals surface area contributed by atoms with Gasteiger partial charge in [0.25, 0.3) is 0 Å². The van der Waals surface area contributed by atoms with Gasteiger partial charge in [-0.3, -0.25) is 0 Å². The van der Waals surface area contributed by atoms with Crippen LogP contribution in [-0.2, 0) is 6.42 Å². The Morgan fingerprint density at radius 1 is 1.06 bits per heavy atom. The predicted molar refractivity (Wildman–Crippen MR) is 55.6 cm³/mol. The SMILES string of the molecule is Fc1cc(CC2CCNCC2)cc(F)c1F. The third-order valence-corrected chi connectivity index (χ3v) is 3.03. The van der Waals surface area contributed by atoms with Crippen molar-refractivity contribution in [2.45, 2.75) is 19.3 Å². The molecule has 1 aliphatic heterocycles.